The molecule has 0 radical (unpaired) electrons. The normalized spacial score (nSPS) is 12.3. The molecule has 0 aromatic heterocycles. The Hall–Kier alpha value is -2.42. The fraction of sp³-hybridized carbons (Fsp3) is 0.300. The number of nitrogens with one attached hydrogen (secondary N) is 2. The van der Waals surface area contributed by atoms with Crippen LogP contribution < -0.4 is 10.0 Å². The third kappa shape index (κ3) is 5.79. The van der Waals surface area contributed by atoms with Gasteiger partial charge in [0, 0.05) is 0 Å². The number of carbonyl (C=O) groups excluding carboxylic acids is 2. The first-order valence-electron chi connectivity index (χ1n) is 8.82. The fourth-order valence-electron chi connectivity index (χ4n) is 2.56. The van der Waals surface area contributed by atoms with Gasteiger partial charge in [-0.25, -0.2) is 17.9 Å². The highest BCUT2D eigenvalue weighted by molar-refractivity contribution is 7.89. The van der Waals surface area contributed by atoms with E-state index in [9.17, 15) is 18.0 Å². The minimum Gasteiger partial charge on any atom is -0.452 e. The molecule has 0 aliphatic rings. The lowest BCUT2D eigenvalue weighted by molar-refractivity contribution is -0.124. The number of carbonyl (C=O) groups is 2. The van der Waals surface area contributed by atoms with Crippen LogP contribution in [0.3, 0.4) is 0 Å². The SMILES string of the molecule is CNS(=O)(=O)c1ccc(Cl)c(C(=O)OCC(=O)NC(C)c2ccc(C)c(C)c2)c1. The molecule has 0 aliphatic carbocycles. The molecule has 1 amide bonds. The summed E-state index contributed by atoms with van der Waals surface area (Å²) in [4.78, 5) is 24.3. The second-order valence-corrected chi connectivity index (χ2v) is 8.85. The Labute approximate surface area is 175 Å². The summed E-state index contributed by atoms with van der Waals surface area (Å²) in [6.07, 6.45) is 0. The van der Waals surface area contributed by atoms with Crippen molar-refractivity contribution in [2.45, 2.75) is 31.7 Å². The number of esters is 1. The highest BCUT2D eigenvalue weighted by Crippen LogP contribution is 2.21. The van der Waals surface area contributed by atoms with Gasteiger partial charge in [0.05, 0.1) is 21.5 Å². The number of sulfonamides is 1. The maximum absolute atomic E-state index is 12.3. The third-order valence-corrected chi connectivity index (χ3v) is 6.22. The summed E-state index contributed by atoms with van der Waals surface area (Å²) in [5, 5.41) is 2.78. The van der Waals surface area contributed by atoms with Crippen molar-refractivity contribution in [2.75, 3.05) is 13.7 Å². The van der Waals surface area contributed by atoms with Crippen LogP contribution >= 0.6 is 11.6 Å². The summed E-state index contributed by atoms with van der Waals surface area (Å²) >= 11 is 5.97. The molecule has 2 aromatic rings. The van der Waals surface area contributed by atoms with Crippen molar-refractivity contribution in [1.29, 1.82) is 0 Å². The van der Waals surface area contributed by atoms with Gasteiger partial charge in [-0.3, -0.25) is 4.79 Å². The quantitative estimate of drug-likeness (QED) is 0.647. The van der Waals surface area contributed by atoms with Crippen molar-refractivity contribution in [3.05, 3.63) is 63.7 Å². The Morgan fingerprint density at radius 3 is 2.41 bits per heavy atom. The predicted octanol–water partition coefficient (Wildman–Crippen LogP) is 2.90. The van der Waals surface area contributed by atoms with E-state index in [-0.39, 0.29) is 21.5 Å². The average Bonchev–Trinajstić information content (AvgIpc) is 2.68. The molecule has 2 rings (SSSR count). The van der Waals surface area contributed by atoms with E-state index in [1.165, 1.54) is 19.2 Å². The minimum atomic E-state index is -3.75. The zero-order valence-corrected chi connectivity index (χ0v) is 18.1. The second-order valence-electron chi connectivity index (χ2n) is 6.56. The van der Waals surface area contributed by atoms with Gasteiger partial charge in [-0.2, -0.15) is 0 Å². The molecule has 2 aromatic carbocycles. The molecule has 0 heterocycles. The van der Waals surface area contributed by atoms with Crippen LogP contribution in [0.4, 0.5) is 0 Å². The van der Waals surface area contributed by atoms with E-state index in [2.05, 4.69) is 10.0 Å². The molecule has 1 unspecified atom stereocenters. The van der Waals surface area contributed by atoms with E-state index in [0.29, 0.717) is 0 Å². The van der Waals surface area contributed by atoms with Crippen molar-refractivity contribution in [3.63, 3.8) is 0 Å². The number of benzene rings is 2. The Bertz CT molecular complexity index is 1040. The predicted molar refractivity (Wildman–Crippen MR) is 110 cm³/mol. The van der Waals surface area contributed by atoms with E-state index in [1.54, 1.807) is 0 Å². The Kier molecular flexibility index (Phi) is 7.40. The third-order valence-electron chi connectivity index (χ3n) is 4.48. The minimum absolute atomic E-state index is 0.0222. The first-order chi connectivity index (χ1) is 13.5. The Morgan fingerprint density at radius 2 is 1.79 bits per heavy atom. The lowest BCUT2D eigenvalue weighted by Crippen LogP contribution is -2.31. The average molecular weight is 439 g/mol. The van der Waals surface area contributed by atoms with Crippen LogP contribution in [0.25, 0.3) is 0 Å². The number of aryl methyl sites for hydroxylation is 2. The summed E-state index contributed by atoms with van der Waals surface area (Å²) < 4.78 is 30.9. The first-order valence-corrected chi connectivity index (χ1v) is 10.7. The summed E-state index contributed by atoms with van der Waals surface area (Å²) in [6, 6.07) is 9.26. The van der Waals surface area contributed by atoms with Gasteiger partial charge in [-0.1, -0.05) is 29.8 Å². The van der Waals surface area contributed by atoms with Crippen LogP contribution in [0.5, 0.6) is 0 Å². The molecule has 7 nitrogen and oxygen atoms in total. The molecule has 0 saturated carbocycles. The molecule has 156 valence electrons. The molecule has 0 spiro atoms. The summed E-state index contributed by atoms with van der Waals surface area (Å²) in [7, 11) is -2.50. The van der Waals surface area contributed by atoms with Gasteiger partial charge >= 0.3 is 5.97 Å². The van der Waals surface area contributed by atoms with Gasteiger partial charge in [-0.05, 0) is 62.7 Å². The molecule has 9 heteroatoms. The Morgan fingerprint density at radius 1 is 1.10 bits per heavy atom. The highest BCUT2D eigenvalue weighted by Gasteiger charge is 2.19. The molecule has 0 fully saturated rings. The van der Waals surface area contributed by atoms with Crippen LogP contribution in [0, 0.1) is 13.8 Å². The van der Waals surface area contributed by atoms with Gasteiger partial charge in [0.15, 0.2) is 6.61 Å². The molecular formula is C20H23ClN2O5S. The van der Waals surface area contributed by atoms with Crippen LogP contribution in [0.15, 0.2) is 41.3 Å². The number of hydrogen-bond acceptors (Lipinski definition) is 5. The second kappa shape index (κ2) is 9.39. The van der Waals surface area contributed by atoms with Crippen LogP contribution in [-0.4, -0.2) is 33.9 Å². The van der Waals surface area contributed by atoms with E-state index in [1.807, 2.05) is 39.0 Å². The van der Waals surface area contributed by atoms with E-state index in [0.717, 1.165) is 22.8 Å². The van der Waals surface area contributed by atoms with Crippen molar-refractivity contribution in [2.24, 2.45) is 0 Å². The van der Waals surface area contributed by atoms with Crippen LogP contribution in [0.1, 0.15) is 40.0 Å². The lowest BCUT2D eigenvalue weighted by atomic mass is 10.0. The van der Waals surface area contributed by atoms with Crippen molar-refractivity contribution in [1.82, 2.24) is 10.0 Å². The number of halogens is 1. The zero-order chi connectivity index (χ0) is 21.8. The van der Waals surface area contributed by atoms with Gasteiger partial charge < -0.3 is 10.1 Å². The molecule has 0 aliphatic heterocycles. The molecule has 0 saturated heterocycles. The topological polar surface area (TPSA) is 102 Å². The number of ether oxygens (including phenoxy) is 1. The van der Waals surface area contributed by atoms with E-state index in [4.69, 9.17) is 16.3 Å². The van der Waals surface area contributed by atoms with Crippen molar-refractivity contribution < 1.29 is 22.7 Å². The van der Waals surface area contributed by atoms with E-state index >= 15 is 0 Å². The first kappa shape index (κ1) is 22.9. The molecule has 0 bridgehead atoms. The summed E-state index contributed by atoms with van der Waals surface area (Å²) in [5.74, 6) is -1.38. The van der Waals surface area contributed by atoms with Crippen LogP contribution in [0.2, 0.25) is 5.02 Å². The fourth-order valence-corrected chi connectivity index (χ4v) is 3.51. The van der Waals surface area contributed by atoms with Gasteiger partial charge in [-0.15, -0.1) is 0 Å². The summed E-state index contributed by atoms with van der Waals surface area (Å²) in [5.41, 5.74) is 3.06. The standard InChI is InChI=1S/C20H23ClN2O5S/c1-12-5-6-15(9-13(12)2)14(3)23-19(24)11-28-20(25)17-10-16(7-8-18(17)21)29(26,27)22-4/h5-10,14,22H,11H2,1-4H3,(H,23,24). The van der Waals surface area contributed by atoms with E-state index < -0.39 is 28.5 Å². The number of hydrogen-bond donors (Lipinski definition) is 2. The Balaban J connectivity index is 2.02. The van der Waals surface area contributed by atoms with Gasteiger partial charge in [0.1, 0.15) is 0 Å². The van der Waals surface area contributed by atoms with Gasteiger partial charge in [0.2, 0.25) is 10.0 Å². The lowest BCUT2D eigenvalue weighted by Gasteiger charge is -2.16. The number of rotatable bonds is 7. The van der Waals surface area contributed by atoms with Gasteiger partial charge in [0.25, 0.3) is 5.91 Å². The molecule has 2 N–H and O–H groups in total. The largest absolute Gasteiger partial charge is 0.452 e. The molecular weight excluding hydrogens is 416 g/mol. The van der Waals surface area contributed by atoms with Crippen molar-refractivity contribution in [3.8, 4) is 0 Å². The monoisotopic (exact) mass is 438 g/mol. The van der Waals surface area contributed by atoms with Crippen LogP contribution in [-0.2, 0) is 19.6 Å². The smallest absolute Gasteiger partial charge is 0.340 e. The maximum Gasteiger partial charge on any atom is 0.340 e. The highest BCUT2D eigenvalue weighted by atomic mass is 35.5. The maximum atomic E-state index is 12.3. The van der Waals surface area contributed by atoms with Crippen molar-refractivity contribution >= 4 is 33.5 Å². The zero-order valence-electron chi connectivity index (χ0n) is 16.6. The molecule has 1 atom stereocenters. The summed E-state index contributed by atoms with van der Waals surface area (Å²) in [6.45, 7) is 5.30. The number of amides is 1. The molecule has 29 heavy (non-hydrogen) atoms.